The molecule has 3 aliphatic rings. The molecule has 0 saturated carbocycles. The molecule has 3 aromatic carbocycles. The number of rotatable bonds is 7. The lowest BCUT2D eigenvalue weighted by molar-refractivity contribution is 0.102. The van der Waals surface area contributed by atoms with Crippen molar-refractivity contribution in [2.24, 2.45) is 0 Å². The number of carbonyl (C=O) groups is 1. The molecule has 10 nitrogen and oxygen atoms in total. The number of nitrogens with zero attached hydrogens (tertiary/aromatic N) is 6. The molecule has 3 aliphatic heterocycles. The second-order valence-corrected chi connectivity index (χ2v) is 13.8. The van der Waals surface area contributed by atoms with Crippen LogP contribution in [0.1, 0.15) is 76.6 Å². The van der Waals surface area contributed by atoms with E-state index in [4.69, 9.17) is 14.5 Å². The van der Waals surface area contributed by atoms with Crippen LogP contribution >= 0.6 is 0 Å². The van der Waals surface area contributed by atoms with Crippen molar-refractivity contribution in [2.75, 3.05) is 31.5 Å². The summed E-state index contributed by atoms with van der Waals surface area (Å²) in [6.45, 7) is 9.35. The maximum Gasteiger partial charge on any atom is 0.276 e. The van der Waals surface area contributed by atoms with Gasteiger partial charge in [-0.15, -0.1) is 0 Å². The average molecular weight is 656 g/mol. The largest absolute Gasteiger partial charge is 0.435 e. The number of nitrogens with one attached hydrogen (secondary N) is 1. The van der Waals surface area contributed by atoms with Crippen molar-refractivity contribution in [3.05, 3.63) is 88.2 Å². The van der Waals surface area contributed by atoms with E-state index in [1.54, 1.807) is 0 Å². The Morgan fingerprint density at radius 2 is 1.76 bits per heavy atom. The van der Waals surface area contributed by atoms with Crippen LogP contribution in [-0.4, -0.2) is 67.9 Å². The van der Waals surface area contributed by atoms with Crippen molar-refractivity contribution in [2.45, 2.75) is 71.2 Å². The quantitative estimate of drug-likeness (QED) is 0.201. The number of β-amino-alcohol motifs (C(OH)–C–C–N with tert-alkyl or cyclic N) is 1. The third-order valence-corrected chi connectivity index (χ3v) is 10.6. The van der Waals surface area contributed by atoms with Gasteiger partial charge in [0, 0.05) is 37.4 Å². The molecule has 49 heavy (non-hydrogen) atoms. The Balaban J connectivity index is 1.06. The van der Waals surface area contributed by atoms with Gasteiger partial charge in [0.15, 0.2) is 11.3 Å². The van der Waals surface area contributed by atoms with Crippen molar-refractivity contribution in [1.29, 1.82) is 5.26 Å². The van der Waals surface area contributed by atoms with Crippen LogP contribution in [0.4, 0.5) is 5.69 Å². The number of carbonyl (C=O) groups excluding carboxylic acids is 1. The van der Waals surface area contributed by atoms with E-state index in [0.717, 1.165) is 96.7 Å². The molecule has 2 N–H and O–H groups in total. The molecule has 2 fully saturated rings. The summed E-state index contributed by atoms with van der Waals surface area (Å²) < 4.78 is 8.24. The molecule has 1 amide bonds. The number of aryl methyl sites for hydroxylation is 1. The maximum atomic E-state index is 13.6. The first kappa shape index (κ1) is 31.4. The van der Waals surface area contributed by atoms with Crippen molar-refractivity contribution >= 4 is 22.7 Å². The van der Waals surface area contributed by atoms with Gasteiger partial charge >= 0.3 is 0 Å². The van der Waals surface area contributed by atoms with Gasteiger partial charge in [0.1, 0.15) is 11.6 Å². The molecular formula is C39H41N7O3. The van der Waals surface area contributed by atoms with E-state index in [9.17, 15) is 15.2 Å². The number of oxazole rings is 1. The lowest BCUT2D eigenvalue weighted by atomic mass is 9.93. The number of aromatic nitrogens is 3. The number of anilines is 1. The highest BCUT2D eigenvalue weighted by Crippen LogP contribution is 2.38. The zero-order valence-corrected chi connectivity index (χ0v) is 28.1. The van der Waals surface area contributed by atoms with Crippen LogP contribution in [0.25, 0.3) is 33.7 Å². The summed E-state index contributed by atoms with van der Waals surface area (Å²) in [5.74, 6) is 0.244. The first-order valence-corrected chi connectivity index (χ1v) is 17.4. The van der Waals surface area contributed by atoms with Crippen molar-refractivity contribution in [1.82, 2.24) is 24.6 Å². The lowest BCUT2D eigenvalue weighted by Crippen LogP contribution is -2.32. The highest BCUT2D eigenvalue weighted by molar-refractivity contribution is 6.04. The summed E-state index contributed by atoms with van der Waals surface area (Å²) in [7, 11) is 0. The van der Waals surface area contributed by atoms with Crippen molar-refractivity contribution in [3.8, 4) is 28.7 Å². The van der Waals surface area contributed by atoms with Gasteiger partial charge in [0.25, 0.3) is 5.91 Å². The molecule has 10 heteroatoms. The second kappa shape index (κ2) is 12.9. The average Bonchev–Trinajstić information content (AvgIpc) is 3.92. The minimum atomic E-state index is -0.287. The fraction of sp³-hybridized carbons (Fsp3) is 0.385. The first-order valence-electron chi connectivity index (χ1n) is 17.4. The standard InChI is InChI=1S/C39H41N7O3/c1-24-29(8-5-10-31(24)39-42-33-19-26(22-44-14-3-4-15-44)18-27(21-40)37(33)49-39)30-9-6-11-32(25(30)2)41-38(48)34-20-36-35(12-7-16-46(36)43-34)45-17-13-28(47)23-45/h5-6,8-11,18-20,28,35,47H,3-4,7,12-17,22-23H2,1-2H3,(H,41,48)/t28-,35?/m1/s1. The lowest BCUT2D eigenvalue weighted by Gasteiger charge is -2.31. The molecule has 5 aromatic rings. The smallest absolute Gasteiger partial charge is 0.276 e. The van der Waals surface area contributed by atoms with Crippen molar-refractivity contribution in [3.63, 3.8) is 0 Å². The Hall–Kier alpha value is -4.82. The van der Waals surface area contributed by atoms with Crippen LogP contribution in [0.3, 0.4) is 0 Å². The minimum Gasteiger partial charge on any atom is -0.435 e. The topological polar surface area (TPSA) is 123 Å². The minimum absolute atomic E-state index is 0.171. The third kappa shape index (κ3) is 5.92. The Kier molecular flexibility index (Phi) is 8.28. The van der Waals surface area contributed by atoms with E-state index >= 15 is 0 Å². The predicted octanol–water partition coefficient (Wildman–Crippen LogP) is 6.60. The molecular weight excluding hydrogens is 614 g/mol. The van der Waals surface area contributed by atoms with Gasteiger partial charge < -0.3 is 14.8 Å². The number of nitriles is 1. The van der Waals surface area contributed by atoms with E-state index < -0.39 is 0 Å². The highest BCUT2D eigenvalue weighted by Gasteiger charge is 2.33. The Bertz CT molecular complexity index is 2100. The van der Waals surface area contributed by atoms with Crippen LogP contribution < -0.4 is 5.32 Å². The van der Waals surface area contributed by atoms with Gasteiger partial charge in [-0.25, -0.2) is 4.98 Å². The van der Waals surface area contributed by atoms with E-state index in [-0.39, 0.29) is 18.1 Å². The zero-order chi connectivity index (χ0) is 33.6. The summed E-state index contributed by atoms with van der Waals surface area (Å²) in [5, 5.41) is 27.9. The highest BCUT2D eigenvalue weighted by atomic mass is 16.3. The Labute approximate surface area is 286 Å². The van der Waals surface area contributed by atoms with Gasteiger partial charge in [-0.3, -0.25) is 19.3 Å². The number of benzene rings is 3. The molecule has 2 atom stereocenters. The fourth-order valence-corrected chi connectivity index (χ4v) is 7.98. The van der Waals surface area contributed by atoms with Crippen LogP contribution in [0, 0.1) is 25.2 Å². The molecule has 2 aromatic heterocycles. The number of aliphatic hydroxyl groups excluding tert-OH is 1. The molecule has 250 valence electrons. The number of fused-ring (bicyclic) bond motifs is 2. The van der Waals surface area contributed by atoms with Gasteiger partial charge in [-0.1, -0.05) is 24.3 Å². The fourth-order valence-electron chi connectivity index (χ4n) is 7.98. The monoisotopic (exact) mass is 655 g/mol. The van der Waals surface area contributed by atoms with Crippen LogP contribution in [-0.2, 0) is 13.1 Å². The molecule has 1 unspecified atom stereocenters. The molecule has 0 radical (unpaired) electrons. The van der Waals surface area contributed by atoms with Crippen LogP contribution in [0.15, 0.2) is 59.0 Å². The molecule has 0 spiro atoms. The number of amides is 1. The zero-order valence-electron chi connectivity index (χ0n) is 28.1. The summed E-state index contributed by atoms with van der Waals surface area (Å²) in [6, 6.07) is 20.4. The first-order chi connectivity index (χ1) is 23.9. The Morgan fingerprint density at radius 1 is 0.980 bits per heavy atom. The number of hydrogen-bond donors (Lipinski definition) is 2. The van der Waals surface area contributed by atoms with Crippen molar-refractivity contribution < 1.29 is 14.3 Å². The van der Waals surface area contributed by atoms with E-state index in [1.807, 2.05) is 54.1 Å². The number of hydrogen-bond acceptors (Lipinski definition) is 8. The maximum absolute atomic E-state index is 13.6. The SMILES string of the molecule is Cc1c(NC(=O)c2cc3n(n2)CCCC3N2CC[C@@H](O)C2)cccc1-c1cccc(-c2nc3cc(CN4CCCC4)cc(C#N)c3o2)c1C. The Morgan fingerprint density at radius 3 is 2.53 bits per heavy atom. The number of likely N-dealkylation sites (tertiary alicyclic amines) is 2. The van der Waals surface area contributed by atoms with E-state index in [0.29, 0.717) is 34.8 Å². The van der Waals surface area contributed by atoms with Gasteiger partial charge in [-0.2, -0.15) is 10.4 Å². The summed E-state index contributed by atoms with van der Waals surface area (Å²) in [6.07, 6.45) is 4.92. The van der Waals surface area contributed by atoms with E-state index in [1.165, 1.54) is 12.8 Å². The summed E-state index contributed by atoms with van der Waals surface area (Å²) >= 11 is 0. The predicted molar refractivity (Wildman–Crippen MR) is 188 cm³/mol. The number of aliphatic hydroxyl groups is 1. The molecule has 0 bridgehead atoms. The summed E-state index contributed by atoms with van der Waals surface area (Å²) in [5.41, 5.74) is 9.77. The molecule has 0 aliphatic carbocycles. The van der Waals surface area contributed by atoms with Gasteiger partial charge in [0.05, 0.1) is 23.4 Å². The molecule has 8 rings (SSSR count). The third-order valence-electron chi connectivity index (χ3n) is 10.6. The van der Waals surface area contributed by atoms with E-state index in [2.05, 4.69) is 40.2 Å². The molecule has 2 saturated heterocycles. The summed E-state index contributed by atoms with van der Waals surface area (Å²) in [4.78, 5) is 23.2. The van der Waals surface area contributed by atoms with Gasteiger partial charge in [-0.05, 0) is 117 Å². The second-order valence-electron chi connectivity index (χ2n) is 13.8. The van der Waals surface area contributed by atoms with Crippen LogP contribution in [0.5, 0.6) is 0 Å². The van der Waals surface area contributed by atoms with Crippen LogP contribution in [0.2, 0.25) is 0 Å². The molecule has 5 heterocycles. The van der Waals surface area contributed by atoms with Gasteiger partial charge in [0.2, 0.25) is 5.89 Å². The normalized spacial score (nSPS) is 19.7.